The first kappa shape index (κ1) is 10.6. The number of para-hydroxylation sites is 1. The van der Waals surface area contributed by atoms with Crippen molar-refractivity contribution in [2.75, 3.05) is 0 Å². The fraction of sp³-hybridized carbons (Fsp3) is 0.300. The number of alkyl halides is 2. The van der Waals surface area contributed by atoms with Gasteiger partial charge in [0.05, 0.1) is 0 Å². The van der Waals surface area contributed by atoms with Crippen molar-refractivity contribution >= 4 is 5.78 Å². The van der Waals surface area contributed by atoms with E-state index in [9.17, 15) is 18.7 Å². The van der Waals surface area contributed by atoms with E-state index in [0.29, 0.717) is 0 Å². The largest absolute Gasteiger partial charge is 0.508 e. The SMILES string of the molecule is CC(=O)C(F)(F)Cc1ccccc1O. The van der Waals surface area contributed by atoms with Gasteiger partial charge in [0, 0.05) is 18.9 Å². The van der Waals surface area contributed by atoms with Crippen molar-refractivity contribution < 1.29 is 18.7 Å². The molecule has 0 unspecified atom stereocenters. The van der Waals surface area contributed by atoms with Crippen molar-refractivity contribution in [3.63, 3.8) is 0 Å². The van der Waals surface area contributed by atoms with Crippen molar-refractivity contribution in [3.8, 4) is 5.75 Å². The zero-order valence-electron chi connectivity index (χ0n) is 7.63. The van der Waals surface area contributed by atoms with E-state index in [1.807, 2.05) is 0 Å². The molecule has 0 heterocycles. The van der Waals surface area contributed by atoms with E-state index in [2.05, 4.69) is 0 Å². The molecule has 0 saturated carbocycles. The Morgan fingerprint density at radius 1 is 1.43 bits per heavy atom. The Bertz CT molecular complexity index is 348. The molecule has 0 spiro atoms. The highest BCUT2D eigenvalue weighted by Crippen LogP contribution is 2.26. The Balaban J connectivity index is 2.89. The van der Waals surface area contributed by atoms with Crippen LogP contribution in [0.3, 0.4) is 0 Å². The summed E-state index contributed by atoms with van der Waals surface area (Å²) in [4.78, 5) is 10.5. The van der Waals surface area contributed by atoms with Gasteiger partial charge in [-0.15, -0.1) is 0 Å². The minimum atomic E-state index is -3.40. The second-order valence-electron chi connectivity index (χ2n) is 3.07. The molecule has 2 nitrogen and oxygen atoms in total. The molecule has 1 aromatic carbocycles. The summed E-state index contributed by atoms with van der Waals surface area (Å²) in [6, 6.07) is 5.74. The number of phenolic OH excluding ortho intramolecular Hbond substituents is 1. The number of benzene rings is 1. The average Bonchev–Trinajstić information content (AvgIpc) is 2.08. The molecule has 0 fully saturated rings. The minimum Gasteiger partial charge on any atom is -0.508 e. The van der Waals surface area contributed by atoms with Gasteiger partial charge in [0.15, 0.2) is 5.78 Å². The van der Waals surface area contributed by atoms with Crippen LogP contribution < -0.4 is 0 Å². The predicted octanol–water partition coefficient (Wildman–Crippen LogP) is 2.16. The highest BCUT2D eigenvalue weighted by atomic mass is 19.3. The first-order valence-corrected chi connectivity index (χ1v) is 4.09. The van der Waals surface area contributed by atoms with E-state index in [1.165, 1.54) is 24.3 Å². The van der Waals surface area contributed by atoms with Crippen LogP contribution in [-0.2, 0) is 11.2 Å². The molecule has 1 aromatic rings. The topological polar surface area (TPSA) is 37.3 Å². The molecular weight excluding hydrogens is 190 g/mol. The van der Waals surface area contributed by atoms with Crippen molar-refractivity contribution in [1.29, 1.82) is 0 Å². The van der Waals surface area contributed by atoms with Gasteiger partial charge >= 0.3 is 5.92 Å². The number of hydrogen-bond donors (Lipinski definition) is 1. The lowest BCUT2D eigenvalue weighted by Gasteiger charge is -2.13. The molecule has 76 valence electrons. The Kier molecular flexibility index (Phi) is 2.84. The predicted molar refractivity (Wildman–Crippen MR) is 47.4 cm³/mol. The van der Waals surface area contributed by atoms with Crippen LogP contribution in [0.15, 0.2) is 24.3 Å². The number of Topliss-reactive ketones (excluding diaryl/α,β-unsaturated/α-hetero) is 1. The Morgan fingerprint density at radius 3 is 2.50 bits per heavy atom. The van der Waals surface area contributed by atoms with Crippen LogP contribution in [0.4, 0.5) is 8.78 Å². The Labute approximate surface area is 80.2 Å². The minimum absolute atomic E-state index is 0.0766. The fourth-order valence-electron chi connectivity index (χ4n) is 1.02. The van der Waals surface area contributed by atoms with Gasteiger partial charge in [0.2, 0.25) is 0 Å². The van der Waals surface area contributed by atoms with Crippen molar-refractivity contribution in [1.82, 2.24) is 0 Å². The molecule has 0 atom stereocenters. The normalized spacial score (nSPS) is 11.4. The van der Waals surface area contributed by atoms with Crippen LogP contribution >= 0.6 is 0 Å². The summed E-state index contributed by atoms with van der Waals surface area (Å²) in [5.74, 6) is -4.81. The van der Waals surface area contributed by atoms with Gasteiger partial charge < -0.3 is 5.11 Å². The molecular formula is C10H10F2O2. The summed E-state index contributed by atoms with van der Waals surface area (Å²) >= 11 is 0. The lowest BCUT2D eigenvalue weighted by atomic mass is 10.0. The molecule has 14 heavy (non-hydrogen) atoms. The quantitative estimate of drug-likeness (QED) is 0.811. The molecule has 0 aliphatic rings. The summed E-state index contributed by atoms with van der Waals surface area (Å²) in [6.07, 6.45) is -0.755. The monoisotopic (exact) mass is 200 g/mol. The van der Waals surface area contributed by atoms with Crippen LogP contribution in [0.2, 0.25) is 0 Å². The van der Waals surface area contributed by atoms with Gasteiger partial charge in [-0.25, -0.2) is 0 Å². The number of aromatic hydroxyl groups is 1. The molecule has 0 bridgehead atoms. The standard InChI is InChI=1S/C10H10F2O2/c1-7(13)10(11,12)6-8-4-2-3-5-9(8)14/h2-5,14H,6H2,1H3. The van der Waals surface area contributed by atoms with Crippen molar-refractivity contribution in [2.24, 2.45) is 0 Å². The third-order valence-electron chi connectivity index (χ3n) is 1.92. The van der Waals surface area contributed by atoms with Crippen LogP contribution in [0, 0.1) is 0 Å². The third kappa shape index (κ3) is 2.28. The van der Waals surface area contributed by atoms with Gasteiger partial charge in [-0.3, -0.25) is 4.79 Å². The number of phenols is 1. The molecule has 1 N–H and O–H groups in total. The van der Waals surface area contributed by atoms with Crippen LogP contribution in [0.25, 0.3) is 0 Å². The summed E-state index contributed by atoms with van der Waals surface area (Å²) in [5, 5.41) is 9.21. The van der Waals surface area contributed by atoms with E-state index in [-0.39, 0.29) is 11.3 Å². The molecule has 0 aliphatic heterocycles. The number of halogens is 2. The Morgan fingerprint density at radius 2 is 2.00 bits per heavy atom. The van der Waals surface area contributed by atoms with E-state index < -0.39 is 18.1 Å². The van der Waals surface area contributed by atoms with Crippen LogP contribution in [0.5, 0.6) is 5.75 Å². The van der Waals surface area contributed by atoms with E-state index in [4.69, 9.17) is 0 Å². The number of hydrogen-bond acceptors (Lipinski definition) is 2. The second-order valence-corrected chi connectivity index (χ2v) is 3.07. The second kappa shape index (κ2) is 3.74. The highest BCUT2D eigenvalue weighted by molar-refractivity contribution is 5.83. The van der Waals surface area contributed by atoms with Crippen molar-refractivity contribution in [3.05, 3.63) is 29.8 Å². The van der Waals surface area contributed by atoms with Crippen LogP contribution in [-0.4, -0.2) is 16.8 Å². The summed E-state index contributed by atoms with van der Waals surface area (Å²) < 4.78 is 25.9. The highest BCUT2D eigenvalue weighted by Gasteiger charge is 2.35. The van der Waals surface area contributed by atoms with Gasteiger partial charge in [-0.2, -0.15) is 8.78 Å². The summed E-state index contributed by atoms with van der Waals surface area (Å²) in [7, 11) is 0. The van der Waals surface area contributed by atoms with Crippen molar-refractivity contribution in [2.45, 2.75) is 19.3 Å². The molecule has 0 aliphatic carbocycles. The first-order valence-electron chi connectivity index (χ1n) is 4.09. The van der Waals surface area contributed by atoms with Gasteiger partial charge in [-0.1, -0.05) is 18.2 Å². The fourth-order valence-corrected chi connectivity index (χ4v) is 1.02. The smallest absolute Gasteiger partial charge is 0.309 e. The van der Waals surface area contributed by atoms with E-state index >= 15 is 0 Å². The number of rotatable bonds is 3. The molecule has 0 aromatic heterocycles. The molecule has 0 saturated heterocycles. The van der Waals surface area contributed by atoms with E-state index in [1.54, 1.807) is 0 Å². The maximum Gasteiger partial charge on any atom is 0.309 e. The summed E-state index contributed by atoms with van der Waals surface area (Å²) in [6.45, 7) is 0.833. The van der Waals surface area contributed by atoms with Gasteiger partial charge in [0.25, 0.3) is 0 Å². The zero-order chi connectivity index (χ0) is 10.8. The molecule has 0 amide bonds. The lowest BCUT2D eigenvalue weighted by Crippen LogP contribution is -2.28. The zero-order valence-corrected chi connectivity index (χ0v) is 7.63. The number of carbonyl (C=O) groups excluding carboxylic acids is 1. The third-order valence-corrected chi connectivity index (χ3v) is 1.92. The number of carbonyl (C=O) groups is 1. The van der Waals surface area contributed by atoms with Gasteiger partial charge in [-0.05, 0) is 6.07 Å². The lowest BCUT2D eigenvalue weighted by molar-refractivity contribution is -0.140. The molecule has 4 heteroatoms. The average molecular weight is 200 g/mol. The van der Waals surface area contributed by atoms with Gasteiger partial charge in [0.1, 0.15) is 5.75 Å². The summed E-state index contributed by atoms with van der Waals surface area (Å²) in [5.41, 5.74) is 0.0766. The van der Waals surface area contributed by atoms with Crippen LogP contribution in [0.1, 0.15) is 12.5 Å². The molecule has 1 rings (SSSR count). The molecule has 0 radical (unpaired) electrons. The maximum atomic E-state index is 13.0. The first-order chi connectivity index (χ1) is 6.43. The van der Waals surface area contributed by atoms with E-state index in [0.717, 1.165) is 6.92 Å². The Hall–Kier alpha value is -1.45. The number of ketones is 1. The maximum absolute atomic E-state index is 13.0.